The van der Waals surface area contributed by atoms with Crippen molar-refractivity contribution >= 4 is 11.3 Å². The van der Waals surface area contributed by atoms with Gasteiger partial charge in [0.2, 0.25) is 0 Å². The molecule has 1 aromatic heterocycles. The summed E-state index contributed by atoms with van der Waals surface area (Å²) in [6, 6.07) is 8.43. The van der Waals surface area contributed by atoms with Crippen molar-refractivity contribution in [3.8, 4) is 11.5 Å². The van der Waals surface area contributed by atoms with E-state index in [1.54, 1.807) is 18.4 Å². The molecule has 1 atom stereocenters. The third-order valence-electron chi connectivity index (χ3n) is 3.43. The monoisotopic (exact) mass is 305 g/mol. The molecule has 1 heterocycles. The van der Waals surface area contributed by atoms with Gasteiger partial charge in [-0.3, -0.25) is 0 Å². The molecule has 21 heavy (non-hydrogen) atoms. The highest BCUT2D eigenvalue weighted by atomic mass is 32.1. The number of nitrogens with one attached hydrogen (secondary N) is 1. The van der Waals surface area contributed by atoms with Gasteiger partial charge in [-0.15, -0.1) is 0 Å². The predicted octanol–water partition coefficient (Wildman–Crippen LogP) is 4.05. The fraction of sp³-hybridized carbons (Fsp3) is 0.412. The van der Waals surface area contributed by atoms with Crippen molar-refractivity contribution in [3.63, 3.8) is 0 Å². The number of methoxy groups -OCH3 is 1. The molecular formula is C17H23NO2S. The molecule has 114 valence electrons. The minimum atomic E-state index is 0.261. The maximum atomic E-state index is 6.01. The molecule has 2 rings (SSSR count). The average molecular weight is 305 g/mol. The Balaban J connectivity index is 2.06. The first-order valence-electron chi connectivity index (χ1n) is 7.29. The summed E-state index contributed by atoms with van der Waals surface area (Å²) in [6.07, 6.45) is 0.926. The number of rotatable bonds is 8. The molecule has 0 bridgehead atoms. The van der Waals surface area contributed by atoms with Crippen LogP contribution in [0.1, 0.15) is 31.0 Å². The molecule has 0 aliphatic heterocycles. The summed E-state index contributed by atoms with van der Waals surface area (Å²) < 4.78 is 11.3. The van der Waals surface area contributed by atoms with E-state index in [1.165, 1.54) is 11.1 Å². The third kappa shape index (κ3) is 4.48. The molecule has 0 fully saturated rings. The van der Waals surface area contributed by atoms with Crippen LogP contribution < -0.4 is 14.8 Å². The van der Waals surface area contributed by atoms with E-state index in [1.807, 2.05) is 12.1 Å². The highest BCUT2D eigenvalue weighted by Gasteiger charge is 2.12. The molecule has 0 aliphatic carbocycles. The molecule has 1 aromatic carbocycles. The van der Waals surface area contributed by atoms with Crippen LogP contribution in [0.5, 0.6) is 11.5 Å². The zero-order valence-corrected chi connectivity index (χ0v) is 13.7. The first kappa shape index (κ1) is 15.9. The normalized spacial score (nSPS) is 12.1. The maximum absolute atomic E-state index is 6.01. The Kier molecular flexibility index (Phi) is 6.08. The van der Waals surface area contributed by atoms with Crippen molar-refractivity contribution < 1.29 is 9.47 Å². The van der Waals surface area contributed by atoms with Gasteiger partial charge in [0.15, 0.2) is 0 Å². The predicted molar refractivity (Wildman–Crippen MR) is 88.6 cm³/mol. The van der Waals surface area contributed by atoms with Crippen LogP contribution in [0.15, 0.2) is 35.0 Å². The van der Waals surface area contributed by atoms with Crippen LogP contribution in [0.2, 0.25) is 0 Å². The van der Waals surface area contributed by atoms with Gasteiger partial charge in [0.1, 0.15) is 11.5 Å². The van der Waals surface area contributed by atoms with Gasteiger partial charge in [0.25, 0.3) is 0 Å². The first-order chi connectivity index (χ1) is 10.2. The van der Waals surface area contributed by atoms with E-state index in [0.717, 1.165) is 24.5 Å². The van der Waals surface area contributed by atoms with E-state index >= 15 is 0 Å². The highest BCUT2D eigenvalue weighted by molar-refractivity contribution is 7.07. The van der Waals surface area contributed by atoms with Gasteiger partial charge in [-0.05, 0) is 41.9 Å². The summed E-state index contributed by atoms with van der Waals surface area (Å²) >= 11 is 1.72. The Hall–Kier alpha value is -1.52. The van der Waals surface area contributed by atoms with Crippen LogP contribution in [0.3, 0.4) is 0 Å². The van der Waals surface area contributed by atoms with Gasteiger partial charge < -0.3 is 14.8 Å². The van der Waals surface area contributed by atoms with Crippen molar-refractivity contribution in [2.24, 2.45) is 0 Å². The Bertz CT molecular complexity index is 540. The topological polar surface area (TPSA) is 30.5 Å². The van der Waals surface area contributed by atoms with Gasteiger partial charge in [0.05, 0.1) is 13.7 Å². The van der Waals surface area contributed by atoms with Gasteiger partial charge in [-0.25, -0.2) is 0 Å². The zero-order valence-electron chi connectivity index (χ0n) is 12.9. The van der Waals surface area contributed by atoms with E-state index in [4.69, 9.17) is 9.47 Å². The lowest BCUT2D eigenvalue weighted by atomic mass is 10.1. The number of benzene rings is 1. The van der Waals surface area contributed by atoms with E-state index in [0.29, 0.717) is 6.61 Å². The number of ether oxygens (including phenoxy) is 2. The maximum Gasteiger partial charge on any atom is 0.127 e. The van der Waals surface area contributed by atoms with Crippen LogP contribution in [0.4, 0.5) is 0 Å². The van der Waals surface area contributed by atoms with Crippen LogP contribution in [0, 0.1) is 0 Å². The molecule has 0 aliphatic rings. The third-order valence-corrected chi connectivity index (χ3v) is 4.16. The van der Waals surface area contributed by atoms with Crippen LogP contribution in [-0.2, 0) is 6.42 Å². The summed E-state index contributed by atoms with van der Waals surface area (Å²) in [5.41, 5.74) is 2.49. The van der Waals surface area contributed by atoms with Gasteiger partial charge >= 0.3 is 0 Å². The molecule has 0 saturated heterocycles. The van der Waals surface area contributed by atoms with E-state index in [2.05, 4.69) is 42.1 Å². The lowest BCUT2D eigenvalue weighted by Crippen LogP contribution is -2.18. The molecule has 0 amide bonds. The number of thiophene rings is 1. The summed E-state index contributed by atoms with van der Waals surface area (Å²) in [5.74, 6) is 1.73. The Morgan fingerprint density at radius 1 is 1.29 bits per heavy atom. The number of hydrogen-bond acceptors (Lipinski definition) is 4. The zero-order chi connectivity index (χ0) is 15.1. The molecule has 4 heteroatoms. The van der Waals surface area contributed by atoms with Crippen molar-refractivity contribution in [1.82, 2.24) is 5.32 Å². The van der Waals surface area contributed by atoms with Crippen molar-refractivity contribution in [1.29, 1.82) is 0 Å². The highest BCUT2D eigenvalue weighted by Crippen LogP contribution is 2.29. The van der Waals surface area contributed by atoms with E-state index < -0.39 is 0 Å². The average Bonchev–Trinajstić information content (AvgIpc) is 3.00. The molecule has 0 saturated carbocycles. The summed E-state index contributed by atoms with van der Waals surface area (Å²) in [6.45, 7) is 5.87. The van der Waals surface area contributed by atoms with Crippen LogP contribution in [-0.4, -0.2) is 20.3 Å². The van der Waals surface area contributed by atoms with Gasteiger partial charge in [-0.2, -0.15) is 11.3 Å². The first-order valence-corrected chi connectivity index (χ1v) is 8.24. The fourth-order valence-corrected chi connectivity index (χ4v) is 2.96. The van der Waals surface area contributed by atoms with Crippen molar-refractivity contribution in [2.75, 3.05) is 20.3 Å². The van der Waals surface area contributed by atoms with Crippen molar-refractivity contribution in [2.45, 2.75) is 26.3 Å². The summed E-state index contributed by atoms with van der Waals surface area (Å²) in [7, 11) is 1.68. The van der Waals surface area contributed by atoms with Crippen molar-refractivity contribution in [3.05, 3.63) is 46.2 Å². The quantitative estimate of drug-likeness (QED) is 0.798. The molecule has 1 unspecified atom stereocenters. The molecule has 2 aromatic rings. The Morgan fingerprint density at radius 2 is 2.14 bits per heavy atom. The minimum absolute atomic E-state index is 0.261. The van der Waals surface area contributed by atoms with Gasteiger partial charge in [-0.1, -0.05) is 13.0 Å². The van der Waals surface area contributed by atoms with E-state index in [9.17, 15) is 0 Å². The molecule has 1 N–H and O–H groups in total. The Labute approximate surface area is 130 Å². The second-order valence-electron chi connectivity index (χ2n) is 4.91. The molecular weight excluding hydrogens is 282 g/mol. The molecule has 0 radical (unpaired) electrons. The lowest BCUT2D eigenvalue weighted by Gasteiger charge is -2.18. The SMILES string of the molecule is CCNC(C)c1ccc(OC)cc1OCCc1ccsc1. The van der Waals surface area contributed by atoms with Crippen LogP contribution in [0.25, 0.3) is 0 Å². The lowest BCUT2D eigenvalue weighted by molar-refractivity contribution is 0.312. The minimum Gasteiger partial charge on any atom is -0.497 e. The second kappa shape index (κ2) is 8.05. The standard InChI is InChI=1S/C17H23NO2S/c1-4-18-13(2)16-6-5-15(19-3)11-17(16)20-9-7-14-8-10-21-12-14/h5-6,8,10-13,18H,4,7,9H2,1-3H3. The Morgan fingerprint density at radius 3 is 2.81 bits per heavy atom. The molecule has 3 nitrogen and oxygen atoms in total. The summed E-state index contributed by atoms with van der Waals surface area (Å²) in [4.78, 5) is 0. The van der Waals surface area contributed by atoms with Crippen LogP contribution >= 0.6 is 11.3 Å². The largest absolute Gasteiger partial charge is 0.497 e. The summed E-state index contributed by atoms with van der Waals surface area (Å²) in [5, 5.41) is 7.69. The number of hydrogen-bond donors (Lipinski definition) is 1. The molecule has 0 spiro atoms. The smallest absolute Gasteiger partial charge is 0.127 e. The second-order valence-corrected chi connectivity index (χ2v) is 5.69. The van der Waals surface area contributed by atoms with E-state index in [-0.39, 0.29) is 6.04 Å². The fourth-order valence-electron chi connectivity index (χ4n) is 2.25. The van der Waals surface area contributed by atoms with Gasteiger partial charge in [0, 0.05) is 24.1 Å².